The van der Waals surface area contributed by atoms with Gasteiger partial charge in [-0.15, -0.1) is 0 Å². The van der Waals surface area contributed by atoms with Gasteiger partial charge < -0.3 is 4.90 Å². The van der Waals surface area contributed by atoms with Crippen LogP contribution in [-0.2, 0) is 6.42 Å². The summed E-state index contributed by atoms with van der Waals surface area (Å²) in [6, 6.07) is 0. The minimum absolute atomic E-state index is 0.623. The van der Waals surface area contributed by atoms with Crippen molar-refractivity contribution in [1.82, 2.24) is 9.97 Å². The van der Waals surface area contributed by atoms with Crippen LogP contribution in [0.1, 0.15) is 63.8 Å². The first-order valence-corrected chi connectivity index (χ1v) is 8.81. The average Bonchev–Trinajstić information content (AvgIpc) is 2.69. The van der Waals surface area contributed by atoms with Gasteiger partial charge in [0.1, 0.15) is 16.8 Å². The summed E-state index contributed by atoms with van der Waals surface area (Å²) in [5, 5.41) is 0.623. The maximum absolute atomic E-state index is 6.32. The fraction of sp³-hybridized carbons (Fsp3) is 0.765. The van der Waals surface area contributed by atoms with Gasteiger partial charge in [-0.3, -0.25) is 0 Å². The first kappa shape index (κ1) is 16.5. The Bertz CT molecular complexity index is 462. The Morgan fingerprint density at radius 2 is 1.95 bits per heavy atom. The SMILES string of the molecule is CCCc1nc(Cl)c(C)c(N2CCCC(CCC)CC2)n1. The highest BCUT2D eigenvalue weighted by Crippen LogP contribution is 2.28. The van der Waals surface area contributed by atoms with Gasteiger partial charge in [-0.2, -0.15) is 0 Å². The number of nitrogens with zero attached hydrogens (tertiary/aromatic N) is 3. The minimum Gasteiger partial charge on any atom is -0.356 e. The summed E-state index contributed by atoms with van der Waals surface area (Å²) in [7, 11) is 0. The van der Waals surface area contributed by atoms with E-state index in [-0.39, 0.29) is 0 Å². The number of hydrogen-bond acceptors (Lipinski definition) is 3. The maximum Gasteiger partial charge on any atom is 0.137 e. The highest BCUT2D eigenvalue weighted by Gasteiger charge is 2.20. The van der Waals surface area contributed by atoms with Gasteiger partial charge in [0.25, 0.3) is 0 Å². The second-order valence-electron chi connectivity index (χ2n) is 6.20. The van der Waals surface area contributed by atoms with Crippen LogP contribution in [-0.4, -0.2) is 23.1 Å². The number of hydrogen-bond donors (Lipinski definition) is 0. The third kappa shape index (κ3) is 4.32. The van der Waals surface area contributed by atoms with E-state index in [2.05, 4.69) is 23.7 Å². The average molecular weight is 310 g/mol. The van der Waals surface area contributed by atoms with E-state index < -0.39 is 0 Å². The highest BCUT2D eigenvalue weighted by atomic mass is 35.5. The molecule has 21 heavy (non-hydrogen) atoms. The van der Waals surface area contributed by atoms with Crippen molar-refractivity contribution in [3.05, 3.63) is 16.5 Å². The zero-order valence-corrected chi connectivity index (χ0v) is 14.4. The summed E-state index contributed by atoms with van der Waals surface area (Å²) in [6.45, 7) is 8.68. The lowest BCUT2D eigenvalue weighted by Gasteiger charge is -2.24. The lowest BCUT2D eigenvalue weighted by molar-refractivity contribution is 0.435. The molecule has 0 N–H and O–H groups in total. The maximum atomic E-state index is 6.32. The Balaban J connectivity index is 2.16. The molecule has 2 rings (SSSR count). The molecular weight excluding hydrogens is 282 g/mol. The van der Waals surface area contributed by atoms with Crippen molar-refractivity contribution >= 4 is 17.4 Å². The second kappa shape index (κ2) is 7.98. The zero-order chi connectivity index (χ0) is 15.2. The van der Waals surface area contributed by atoms with Crippen molar-refractivity contribution in [3.8, 4) is 0 Å². The van der Waals surface area contributed by atoms with E-state index >= 15 is 0 Å². The molecule has 1 fully saturated rings. The summed E-state index contributed by atoms with van der Waals surface area (Å²) in [5.74, 6) is 2.83. The van der Waals surface area contributed by atoms with Crippen LogP contribution in [0.5, 0.6) is 0 Å². The lowest BCUT2D eigenvalue weighted by Crippen LogP contribution is -2.27. The van der Waals surface area contributed by atoms with E-state index in [1.165, 1.54) is 32.1 Å². The Kier molecular flexibility index (Phi) is 6.28. The molecule has 1 aliphatic rings. The third-order valence-corrected chi connectivity index (χ3v) is 4.79. The van der Waals surface area contributed by atoms with E-state index in [4.69, 9.17) is 16.6 Å². The quantitative estimate of drug-likeness (QED) is 0.732. The molecule has 1 aliphatic heterocycles. The molecule has 0 saturated carbocycles. The van der Waals surface area contributed by atoms with Gasteiger partial charge in [-0.1, -0.05) is 38.3 Å². The van der Waals surface area contributed by atoms with Crippen molar-refractivity contribution in [2.24, 2.45) is 5.92 Å². The molecular formula is C17H28ClN3. The summed E-state index contributed by atoms with van der Waals surface area (Å²) >= 11 is 6.32. The molecule has 1 saturated heterocycles. The molecule has 0 amide bonds. The van der Waals surface area contributed by atoms with Gasteiger partial charge >= 0.3 is 0 Å². The zero-order valence-electron chi connectivity index (χ0n) is 13.7. The van der Waals surface area contributed by atoms with Gasteiger partial charge in [0, 0.05) is 25.1 Å². The molecule has 0 aliphatic carbocycles. The second-order valence-corrected chi connectivity index (χ2v) is 6.56. The minimum atomic E-state index is 0.623. The van der Waals surface area contributed by atoms with Gasteiger partial charge in [0.15, 0.2) is 0 Å². The van der Waals surface area contributed by atoms with Crippen LogP contribution >= 0.6 is 11.6 Å². The number of halogens is 1. The monoisotopic (exact) mass is 309 g/mol. The van der Waals surface area contributed by atoms with Gasteiger partial charge in [-0.25, -0.2) is 9.97 Å². The normalized spacial score (nSPS) is 19.6. The van der Waals surface area contributed by atoms with E-state index in [1.54, 1.807) is 0 Å². The van der Waals surface area contributed by atoms with Crippen molar-refractivity contribution in [1.29, 1.82) is 0 Å². The predicted octanol–water partition coefficient (Wildman–Crippen LogP) is 4.80. The first-order chi connectivity index (χ1) is 10.2. The molecule has 1 atom stereocenters. The highest BCUT2D eigenvalue weighted by molar-refractivity contribution is 6.30. The number of aromatic nitrogens is 2. The predicted molar refractivity (Wildman–Crippen MR) is 90.2 cm³/mol. The fourth-order valence-corrected chi connectivity index (χ4v) is 3.42. The van der Waals surface area contributed by atoms with Gasteiger partial charge in [0.2, 0.25) is 0 Å². The first-order valence-electron chi connectivity index (χ1n) is 8.43. The van der Waals surface area contributed by atoms with Crippen molar-refractivity contribution in [2.75, 3.05) is 18.0 Å². The van der Waals surface area contributed by atoms with Crippen molar-refractivity contribution in [2.45, 2.75) is 65.7 Å². The topological polar surface area (TPSA) is 29.0 Å². The van der Waals surface area contributed by atoms with Crippen LogP contribution in [0.25, 0.3) is 0 Å². The summed E-state index contributed by atoms with van der Waals surface area (Å²) < 4.78 is 0. The third-order valence-electron chi connectivity index (χ3n) is 4.42. The standard InChI is InChI=1S/C17H28ClN3/c1-4-7-14-9-6-11-21(12-10-14)17-13(3)16(18)19-15(20-17)8-5-2/h14H,4-12H2,1-3H3. The number of aryl methyl sites for hydroxylation is 1. The van der Waals surface area contributed by atoms with Crippen LogP contribution in [0.3, 0.4) is 0 Å². The number of rotatable bonds is 5. The number of anilines is 1. The fourth-order valence-electron chi connectivity index (χ4n) is 3.24. The van der Waals surface area contributed by atoms with Crippen molar-refractivity contribution < 1.29 is 0 Å². The molecule has 1 aromatic heterocycles. The van der Waals surface area contributed by atoms with Crippen LogP contribution in [0.15, 0.2) is 0 Å². The van der Waals surface area contributed by atoms with E-state index in [9.17, 15) is 0 Å². The summed E-state index contributed by atoms with van der Waals surface area (Å²) in [6.07, 6.45) is 8.50. The summed E-state index contributed by atoms with van der Waals surface area (Å²) in [4.78, 5) is 11.6. The van der Waals surface area contributed by atoms with Gasteiger partial charge in [0.05, 0.1) is 0 Å². The molecule has 4 heteroatoms. The molecule has 2 heterocycles. The Morgan fingerprint density at radius 1 is 1.14 bits per heavy atom. The molecule has 0 bridgehead atoms. The lowest BCUT2D eigenvalue weighted by atomic mass is 9.96. The smallest absolute Gasteiger partial charge is 0.137 e. The molecule has 0 spiro atoms. The van der Waals surface area contributed by atoms with Crippen LogP contribution in [0, 0.1) is 12.8 Å². The molecule has 3 nitrogen and oxygen atoms in total. The van der Waals surface area contributed by atoms with E-state index in [0.29, 0.717) is 5.15 Å². The van der Waals surface area contributed by atoms with E-state index in [0.717, 1.165) is 49.1 Å². The molecule has 0 radical (unpaired) electrons. The summed E-state index contributed by atoms with van der Waals surface area (Å²) in [5.41, 5.74) is 1.03. The largest absolute Gasteiger partial charge is 0.356 e. The Labute approximate surface area is 134 Å². The molecule has 0 aromatic carbocycles. The molecule has 118 valence electrons. The Hall–Kier alpha value is -0.830. The van der Waals surface area contributed by atoms with Crippen molar-refractivity contribution in [3.63, 3.8) is 0 Å². The van der Waals surface area contributed by atoms with Crippen LogP contribution in [0.2, 0.25) is 5.15 Å². The van der Waals surface area contributed by atoms with Crippen LogP contribution < -0.4 is 4.90 Å². The van der Waals surface area contributed by atoms with E-state index in [1.807, 2.05) is 6.92 Å². The Morgan fingerprint density at radius 3 is 2.67 bits per heavy atom. The van der Waals surface area contributed by atoms with Crippen LogP contribution in [0.4, 0.5) is 5.82 Å². The molecule has 1 unspecified atom stereocenters. The molecule has 1 aromatic rings. The van der Waals surface area contributed by atoms with Gasteiger partial charge in [-0.05, 0) is 38.5 Å².